The number of rotatable bonds is 7. The minimum atomic E-state index is -3.69. The fourth-order valence-electron chi connectivity index (χ4n) is 3.50. The largest absolute Gasteiger partial charge is 0.454 e. The van der Waals surface area contributed by atoms with Crippen LogP contribution in [0.2, 0.25) is 0 Å². The Kier molecular flexibility index (Phi) is 6.37. The second kappa shape index (κ2) is 9.38. The average Bonchev–Trinajstić information content (AvgIpc) is 3.27. The van der Waals surface area contributed by atoms with Crippen molar-refractivity contribution >= 4 is 33.5 Å². The Balaban J connectivity index is 1.37. The number of anilines is 1. The van der Waals surface area contributed by atoms with Gasteiger partial charge in [-0.2, -0.15) is 0 Å². The number of sulfonamides is 1. The number of hydrogen-bond donors (Lipinski definition) is 0. The molecule has 6 nitrogen and oxygen atoms in total. The van der Waals surface area contributed by atoms with Gasteiger partial charge in [0.05, 0.1) is 10.6 Å². The maximum absolute atomic E-state index is 13.0. The van der Waals surface area contributed by atoms with Gasteiger partial charge < -0.3 is 4.74 Å². The third-order valence-corrected chi connectivity index (χ3v) is 7.06. The summed E-state index contributed by atoms with van der Waals surface area (Å²) < 4.78 is 45.3. The summed E-state index contributed by atoms with van der Waals surface area (Å²) in [6.45, 7) is -0.0743. The summed E-state index contributed by atoms with van der Waals surface area (Å²) in [5.74, 6) is -1.64. The van der Waals surface area contributed by atoms with Crippen LogP contribution >= 0.6 is 0 Å². The van der Waals surface area contributed by atoms with Gasteiger partial charge in [0.25, 0.3) is 10.0 Å². The summed E-state index contributed by atoms with van der Waals surface area (Å²) in [5.41, 5.74) is 2.53. The molecule has 1 aliphatic rings. The van der Waals surface area contributed by atoms with Gasteiger partial charge in [-0.25, -0.2) is 17.6 Å². The third-order valence-electron chi connectivity index (χ3n) is 5.24. The van der Waals surface area contributed by atoms with Crippen LogP contribution in [0.5, 0.6) is 0 Å². The molecule has 1 aliphatic heterocycles. The molecular formula is C25H20FNO5S. The van der Waals surface area contributed by atoms with Crippen LogP contribution in [0.4, 0.5) is 10.1 Å². The molecule has 168 valence electrons. The first-order chi connectivity index (χ1) is 15.8. The highest BCUT2D eigenvalue weighted by molar-refractivity contribution is 7.92. The minimum absolute atomic E-state index is 0.156. The molecule has 0 fully saturated rings. The molecule has 8 heteroatoms. The first kappa shape index (κ1) is 22.4. The Labute approximate surface area is 191 Å². The summed E-state index contributed by atoms with van der Waals surface area (Å²) in [4.78, 5) is 24.0. The lowest BCUT2D eigenvalue weighted by Crippen LogP contribution is -2.29. The normalized spacial score (nSPS) is 13.2. The van der Waals surface area contributed by atoms with Gasteiger partial charge in [0.15, 0.2) is 12.4 Å². The Morgan fingerprint density at radius 3 is 2.39 bits per heavy atom. The van der Waals surface area contributed by atoms with Gasteiger partial charge in [0.1, 0.15) is 5.82 Å². The summed E-state index contributed by atoms with van der Waals surface area (Å²) in [6.07, 6.45) is 3.28. The lowest BCUT2D eigenvalue weighted by Gasteiger charge is -2.19. The number of ketones is 1. The molecule has 33 heavy (non-hydrogen) atoms. The van der Waals surface area contributed by atoms with Crippen LogP contribution in [0.3, 0.4) is 0 Å². The van der Waals surface area contributed by atoms with Gasteiger partial charge in [0, 0.05) is 18.2 Å². The van der Waals surface area contributed by atoms with E-state index >= 15 is 0 Å². The zero-order chi connectivity index (χ0) is 23.4. The number of esters is 1. The summed E-state index contributed by atoms with van der Waals surface area (Å²) in [7, 11) is -3.69. The van der Waals surface area contributed by atoms with Gasteiger partial charge >= 0.3 is 5.97 Å². The van der Waals surface area contributed by atoms with Crippen molar-refractivity contribution in [2.75, 3.05) is 17.5 Å². The lowest BCUT2D eigenvalue weighted by molar-refractivity contribution is -0.136. The SMILES string of the molecule is O=C(/C=C/c1ccc(S(=O)(=O)N2CCc3ccccc32)cc1)OCC(=O)c1ccc(F)cc1. The van der Waals surface area contributed by atoms with Crippen molar-refractivity contribution in [1.29, 1.82) is 0 Å². The fraction of sp³-hybridized carbons (Fsp3) is 0.120. The van der Waals surface area contributed by atoms with E-state index < -0.39 is 34.2 Å². The van der Waals surface area contributed by atoms with Crippen molar-refractivity contribution in [1.82, 2.24) is 0 Å². The zero-order valence-corrected chi connectivity index (χ0v) is 18.3. The molecule has 0 aliphatic carbocycles. The molecule has 0 saturated carbocycles. The van der Waals surface area contributed by atoms with Gasteiger partial charge in [-0.05, 0) is 66.1 Å². The van der Waals surface area contributed by atoms with E-state index in [0.29, 0.717) is 24.2 Å². The van der Waals surface area contributed by atoms with Crippen LogP contribution in [0.1, 0.15) is 21.5 Å². The van der Waals surface area contributed by atoms with Crippen LogP contribution in [0.15, 0.2) is 83.8 Å². The lowest BCUT2D eigenvalue weighted by atomic mass is 10.1. The summed E-state index contributed by atoms with van der Waals surface area (Å²) in [5, 5.41) is 0. The molecule has 0 unspecified atom stereocenters. The number of ether oxygens (including phenoxy) is 1. The van der Waals surface area contributed by atoms with Crippen LogP contribution in [0, 0.1) is 5.82 Å². The topological polar surface area (TPSA) is 80.8 Å². The smallest absolute Gasteiger partial charge is 0.331 e. The van der Waals surface area contributed by atoms with E-state index in [4.69, 9.17) is 4.74 Å². The van der Waals surface area contributed by atoms with E-state index in [1.807, 2.05) is 18.2 Å². The van der Waals surface area contributed by atoms with Crippen molar-refractivity contribution in [3.05, 3.63) is 101 Å². The monoisotopic (exact) mass is 465 g/mol. The highest BCUT2D eigenvalue weighted by Crippen LogP contribution is 2.32. The second-order valence-electron chi connectivity index (χ2n) is 7.40. The zero-order valence-electron chi connectivity index (χ0n) is 17.5. The molecular weight excluding hydrogens is 445 g/mol. The first-order valence-electron chi connectivity index (χ1n) is 10.2. The molecule has 0 radical (unpaired) electrons. The van der Waals surface area contributed by atoms with Crippen LogP contribution < -0.4 is 4.31 Å². The van der Waals surface area contributed by atoms with Crippen LogP contribution in [-0.4, -0.2) is 33.3 Å². The van der Waals surface area contributed by atoms with Gasteiger partial charge in [-0.1, -0.05) is 30.3 Å². The number of fused-ring (bicyclic) bond motifs is 1. The molecule has 0 atom stereocenters. The number of para-hydroxylation sites is 1. The molecule has 3 aromatic carbocycles. The van der Waals surface area contributed by atoms with Crippen molar-refractivity contribution in [2.45, 2.75) is 11.3 Å². The molecule has 1 heterocycles. The van der Waals surface area contributed by atoms with Gasteiger partial charge in [-0.3, -0.25) is 9.10 Å². The quantitative estimate of drug-likeness (QED) is 0.299. The van der Waals surface area contributed by atoms with E-state index in [2.05, 4.69) is 0 Å². The van der Waals surface area contributed by atoms with E-state index in [-0.39, 0.29) is 10.5 Å². The van der Waals surface area contributed by atoms with Crippen molar-refractivity contribution in [3.63, 3.8) is 0 Å². The molecule has 0 aromatic heterocycles. The van der Waals surface area contributed by atoms with Gasteiger partial charge in [0.2, 0.25) is 0 Å². The minimum Gasteiger partial charge on any atom is -0.454 e. The van der Waals surface area contributed by atoms with E-state index in [1.165, 1.54) is 34.6 Å². The van der Waals surface area contributed by atoms with E-state index in [0.717, 1.165) is 23.8 Å². The number of Topliss-reactive ketones (excluding diaryl/α,β-unsaturated/α-hetero) is 1. The third kappa shape index (κ3) is 5.01. The number of nitrogens with zero attached hydrogens (tertiary/aromatic N) is 1. The number of halogens is 1. The molecule has 0 bridgehead atoms. The summed E-state index contributed by atoms with van der Waals surface area (Å²) >= 11 is 0. The standard InChI is InChI=1S/C25H20FNO5S/c26-21-10-8-20(9-11-21)24(28)17-32-25(29)14-7-18-5-12-22(13-6-18)33(30,31)27-16-15-19-3-1-2-4-23(19)27/h1-14H,15-17H2/b14-7+. The average molecular weight is 466 g/mol. The second-order valence-corrected chi connectivity index (χ2v) is 9.26. The van der Waals surface area contributed by atoms with Crippen LogP contribution in [0.25, 0.3) is 6.08 Å². The Bertz CT molecular complexity index is 1320. The maximum atomic E-state index is 13.0. The van der Waals surface area contributed by atoms with Gasteiger partial charge in [-0.15, -0.1) is 0 Å². The number of hydrogen-bond acceptors (Lipinski definition) is 5. The van der Waals surface area contributed by atoms with Crippen molar-refractivity contribution in [2.24, 2.45) is 0 Å². The number of carbonyl (C=O) groups excluding carboxylic acids is 2. The number of carbonyl (C=O) groups is 2. The molecule has 3 aromatic rings. The predicted octanol–water partition coefficient (Wildman–Crippen LogP) is 4.02. The van der Waals surface area contributed by atoms with E-state index in [1.54, 1.807) is 18.2 Å². The van der Waals surface area contributed by atoms with Crippen molar-refractivity contribution < 1.29 is 27.1 Å². The Hall–Kier alpha value is -3.78. The predicted molar refractivity (Wildman–Crippen MR) is 122 cm³/mol. The molecule has 0 amide bonds. The highest BCUT2D eigenvalue weighted by atomic mass is 32.2. The molecule has 0 spiro atoms. The van der Waals surface area contributed by atoms with Crippen molar-refractivity contribution in [3.8, 4) is 0 Å². The molecule has 0 saturated heterocycles. The fourth-order valence-corrected chi connectivity index (χ4v) is 5.01. The first-order valence-corrected chi connectivity index (χ1v) is 11.6. The maximum Gasteiger partial charge on any atom is 0.331 e. The Morgan fingerprint density at radius 2 is 1.67 bits per heavy atom. The van der Waals surface area contributed by atoms with E-state index in [9.17, 15) is 22.4 Å². The number of benzene rings is 3. The molecule has 0 N–H and O–H groups in total. The summed E-state index contributed by atoms with van der Waals surface area (Å²) in [6, 6.07) is 18.5. The highest BCUT2D eigenvalue weighted by Gasteiger charge is 2.30. The Morgan fingerprint density at radius 1 is 0.970 bits per heavy atom. The molecule has 4 rings (SSSR count). The van der Waals surface area contributed by atoms with Crippen LogP contribution in [-0.2, 0) is 26.0 Å².